The van der Waals surface area contributed by atoms with Gasteiger partial charge in [0.15, 0.2) is 11.6 Å². The Bertz CT molecular complexity index is 489. The van der Waals surface area contributed by atoms with Crippen molar-refractivity contribution in [3.63, 3.8) is 0 Å². The molecule has 110 valence electrons. The molecule has 2 N–H and O–H groups in total. The lowest BCUT2D eigenvalue weighted by atomic mass is 10.2. The Morgan fingerprint density at radius 2 is 2.05 bits per heavy atom. The van der Waals surface area contributed by atoms with E-state index in [1.54, 1.807) is 0 Å². The van der Waals surface area contributed by atoms with Crippen LogP contribution < -0.4 is 15.4 Å². The van der Waals surface area contributed by atoms with E-state index < -0.39 is 11.7 Å². The molecule has 0 aliphatic rings. The number of methoxy groups -OCH3 is 1. The summed E-state index contributed by atoms with van der Waals surface area (Å²) in [4.78, 5) is 23.1. The third kappa shape index (κ3) is 4.87. The van der Waals surface area contributed by atoms with Crippen molar-refractivity contribution in [3.8, 4) is 5.75 Å². The van der Waals surface area contributed by atoms with Gasteiger partial charge in [-0.3, -0.25) is 9.59 Å². The predicted molar refractivity (Wildman–Crippen MR) is 73.2 cm³/mol. The van der Waals surface area contributed by atoms with Crippen LogP contribution in [-0.4, -0.2) is 31.5 Å². The summed E-state index contributed by atoms with van der Waals surface area (Å²) in [6.45, 7) is 3.91. The first-order chi connectivity index (χ1) is 9.43. The van der Waals surface area contributed by atoms with Crippen molar-refractivity contribution in [1.82, 2.24) is 10.6 Å². The maximum absolute atomic E-state index is 13.4. The Balaban J connectivity index is 2.47. The third-order valence-corrected chi connectivity index (χ3v) is 2.50. The van der Waals surface area contributed by atoms with Crippen LogP contribution in [0.1, 0.15) is 30.6 Å². The fourth-order valence-electron chi connectivity index (χ4n) is 1.59. The van der Waals surface area contributed by atoms with E-state index in [1.807, 2.05) is 13.8 Å². The molecule has 0 atom stereocenters. The lowest BCUT2D eigenvalue weighted by Crippen LogP contribution is -2.34. The molecular weight excluding hydrogens is 263 g/mol. The molecule has 0 bridgehead atoms. The average molecular weight is 282 g/mol. The molecule has 1 aromatic carbocycles. The highest BCUT2D eigenvalue weighted by atomic mass is 19.1. The molecule has 0 saturated carbocycles. The quantitative estimate of drug-likeness (QED) is 0.830. The second-order valence-corrected chi connectivity index (χ2v) is 4.58. The van der Waals surface area contributed by atoms with Gasteiger partial charge in [0.05, 0.1) is 7.11 Å². The van der Waals surface area contributed by atoms with E-state index in [9.17, 15) is 14.0 Å². The number of rotatable bonds is 6. The summed E-state index contributed by atoms with van der Waals surface area (Å²) in [7, 11) is 1.35. The number of benzene rings is 1. The second-order valence-electron chi connectivity index (χ2n) is 4.58. The van der Waals surface area contributed by atoms with E-state index in [4.69, 9.17) is 4.74 Å². The summed E-state index contributed by atoms with van der Waals surface area (Å²) in [6.07, 6.45) is 0.183. The molecule has 1 rings (SSSR count). The minimum absolute atomic E-state index is 0.0638. The van der Waals surface area contributed by atoms with E-state index in [0.29, 0.717) is 0 Å². The fourth-order valence-corrected chi connectivity index (χ4v) is 1.59. The van der Waals surface area contributed by atoms with Gasteiger partial charge in [0, 0.05) is 24.6 Å². The van der Waals surface area contributed by atoms with E-state index in [0.717, 1.165) is 6.07 Å². The Morgan fingerprint density at radius 3 is 2.60 bits per heavy atom. The fraction of sp³-hybridized carbons (Fsp3) is 0.429. The van der Waals surface area contributed by atoms with E-state index in [1.165, 1.54) is 19.2 Å². The van der Waals surface area contributed by atoms with Crippen molar-refractivity contribution < 1.29 is 18.7 Å². The predicted octanol–water partition coefficient (Wildman–Crippen LogP) is 1.48. The van der Waals surface area contributed by atoms with Crippen LogP contribution in [0, 0.1) is 5.82 Å². The molecule has 0 radical (unpaired) electrons. The van der Waals surface area contributed by atoms with Crippen molar-refractivity contribution in [2.45, 2.75) is 26.3 Å². The Morgan fingerprint density at radius 1 is 1.35 bits per heavy atom. The summed E-state index contributed by atoms with van der Waals surface area (Å²) in [5, 5.41) is 5.27. The Hall–Kier alpha value is -2.11. The standard InChI is InChI=1S/C14H19FN2O3/c1-9(2)17-13(18)6-7-16-14(19)10-4-5-12(20-3)11(15)8-10/h4-5,8-9H,6-7H2,1-3H3,(H,16,19)(H,17,18). The summed E-state index contributed by atoms with van der Waals surface area (Å²) >= 11 is 0. The number of carbonyl (C=O) groups is 2. The molecule has 0 aromatic heterocycles. The van der Waals surface area contributed by atoms with Crippen molar-refractivity contribution in [1.29, 1.82) is 0 Å². The molecule has 0 saturated heterocycles. The van der Waals surface area contributed by atoms with Crippen LogP contribution in [0.5, 0.6) is 5.75 Å². The van der Waals surface area contributed by atoms with Crippen LogP contribution in [0.4, 0.5) is 4.39 Å². The second kappa shape index (κ2) is 7.47. The number of ether oxygens (including phenoxy) is 1. The highest BCUT2D eigenvalue weighted by Crippen LogP contribution is 2.17. The number of hydrogen-bond donors (Lipinski definition) is 2. The van der Waals surface area contributed by atoms with Gasteiger partial charge in [-0.25, -0.2) is 4.39 Å². The Labute approximate surface area is 117 Å². The van der Waals surface area contributed by atoms with E-state index >= 15 is 0 Å². The SMILES string of the molecule is COc1ccc(C(=O)NCCC(=O)NC(C)C)cc1F. The van der Waals surface area contributed by atoms with Crippen molar-refractivity contribution in [2.24, 2.45) is 0 Å². The molecule has 1 aromatic rings. The van der Waals surface area contributed by atoms with Gasteiger partial charge in [-0.2, -0.15) is 0 Å². The van der Waals surface area contributed by atoms with Crippen LogP contribution in [0.2, 0.25) is 0 Å². The molecule has 2 amide bonds. The van der Waals surface area contributed by atoms with Gasteiger partial charge in [0.1, 0.15) is 0 Å². The molecule has 0 aliphatic heterocycles. The van der Waals surface area contributed by atoms with Gasteiger partial charge >= 0.3 is 0 Å². The number of amides is 2. The molecule has 0 unspecified atom stereocenters. The zero-order valence-electron chi connectivity index (χ0n) is 11.8. The summed E-state index contributed by atoms with van der Waals surface area (Å²) in [5.74, 6) is -1.08. The van der Waals surface area contributed by atoms with Crippen molar-refractivity contribution >= 4 is 11.8 Å². The maximum Gasteiger partial charge on any atom is 0.251 e. The summed E-state index contributed by atoms with van der Waals surface area (Å²) in [6, 6.07) is 4.01. The monoisotopic (exact) mass is 282 g/mol. The minimum Gasteiger partial charge on any atom is -0.494 e. The molecule has 0 heterocycles. The largest absolute Gasteiger partial charge is 0.494 e. The maximum atomic E-state index is 13.4. The van der Waals surface area contributed by atoms with Gasteiger partial charge in [-0.15, -0.1) is 0 Å². The van der Waals surface area contributed by atoms with E-state index in [2.05, 4.69) is 10.6 Å². The minimum atomic E-state index is -0.599. The molecule has 5 nitrogen and oxygen atoms in total. The van der Waals surface area contributed by atoms with Crippen molar-refractivity contribution in [2.75, 3.05) is 13.7 Å². The van der Waals surface area contributed by atoms with Gasteiger partial charge < -0.3 is 15.4 Å². The zero-order valence-corrected chi connectivity index (χ0v) is 11.8. The first kappa shape index (κ1) is 15.9. The van der Waals surface area contributed by atoms with Gasteiger partial charge in [0.2, 0.25) is 5.91 Å². The summed E-state index contributed by atoms with van der Waals surface area (Å²) < 4.78 is 18.2. The lowest BCUT2D eigenvalue weighted by Gasteiger charge is -2.09. The lowest BCUT2D eigenvalue weighted by molar-refractivity contribution is -0.121. The normalized spacial score (nSPS) is 10.2. The number of hydrogen-bond acceptors (Lipinski definition) is 3. The zero-order chi connectivity index (χ0) is 15.1. The topological polar surface area (TPSA) is 67.4 Å². The van der Waals surface area contributed by atoms with Gasteiger partial charge in [0.25, 0.3) is 5.91 Å². The van der Waals surface area contributed by atoms with Crippen LogP contribution in [0.3, 0.4) is 0 Å². The Kier molecular flexibility index (Phi) is 5.96. The smallest absolute Gasteiger partial charge is 0.251 e. The highest BCUT2D eigenvalue weighted by molar-refractivity contribution is 5.94. The molecule has 0 spiro atoms. The van der Waals surface area contributed by atoms with Crippen molar-refractivity contribution in [3.05, 3.63) is 29.6 Å². The number of halogens is 1. The van der Waals surface area contributed by atoms with E-state index in [-0.39, 0.29) is 36.2 Å². The summed E-state index contributed by atoms with van der Waals surface area (Å²) in [5.41, 5.74) is 0.188. The molecule has 6 heteroatoms. The highest BCUT2D eigenvalue weighted by Gasteiger charge is 2.10. The molecular formula is C14H19FN2O3. The number of nitrogens with one attached hydrogen (secondary N) is 2. The van der Waals surface area contributed by atoms with Gasteiger partial charge in [-0.1, -0.05) is 0 Å². The van der Waals surface area contributed by atoms with Gasteiger partial charge in [-0.05, 0) is 32.0 Å². The average Bonchev–Trinajstić information content (AvgIpc) is 2.37. The molecule has 0 fully saturated rings. The van der Waals surface area contributed by atoms with Crippen LogP contribution >= 0.6 is 0 Å². The van der Waals surface area contributed by atoms with Crippen LogP contribution in [0.15, 0.2) is 18.2 Å². The number of carbonyl (C=O) groups excluding carboxylic acids is 2. The first-order valence-corrected chi connectivity index (χ1v) is 6.35. The van der Waals surface area contributed by atoms with Crippen LogP contribution in [0.25, 0.3) is 0 Å². The first-order valence-electron chi connectivity index (χ1n) is 6.35. The van der Waals surface area contributed by atoms with Crippen LogP contribution in [-0.2, 0) is 4.79 Å². The molecule has 0 aliphatic carbocycles. The third-order valence-electron chi connectivity index (χ3n) is 2.50. The molecule has 20 heavy (non-hydrogen) atoms.